The molecule has 0 spiro atoms. The quantitative estimate of drug-likeness (QED) is 0.511. The molecule has 1 rings (SSSR count). The van der Waals surface area contributed by atoms with E-state index in [2.05, 4.69) is 5.32 Å². The third-order valence-corrected chi connectivity index (χ3v) is 3.18. The van der Waals surface area contributed by atoms with Crippen LogP contribution in [0.4, 0.5) is 0 Å². The van der Waals surface area contributed by atoms with Crippen LogP contribution in [0.1, 0.15) is 25.7 Å². The Balaban J connectivity index is 2.18. The van der Waals surface area contributed by atoms with Crippen LogP contribution >= 0.6 is 0 Å². The number of rotatable bonds is 9. The van der Waals surface area contributed by atoms with E-state index in [4.69, 9.17) is 10.5 Å². The first-order valence-electron chi connectivity index (χ1n) is 5.79. The number of aliphatic hydroxyl groups is 1. The summed E-state index contributed by atoms with van der Waals surface area (Å²) in [5.41, 5.74) is 5.66. The smallest absolute Gasteiger partial charge is 0.0615 e. The lowest BCUT2D eigenvalue weighted by molar-refractivity contribution is 0.149. The lowest BCUT2D eigenvalue weighted by Gasteiger charge is -2.21. The van der Waals surface area contributed by atoms with Crippen molar-refractivity contribution in [2.24, 2.45) is 11.1 Å². The van der Waals surface area contributed by atoms with E-state index in [1.54, 1.807) is 7.11 Å². The molecule has 15 heavy (non-hydrogen) atoms. The minimum absolute atomic E-state index is 0.175. The van der Waals surface area contributed by atoms with Crippen molar-refractivity contribution in [3.63, 3.8) is 0 Å². The molecule has 1 aliphatic rings. The van der Waals surface area contributed by atoms with Crippen LogP contribution in [0.25, 0.3) is 0 Å². The van der Waals surface area contributed by atoms with Crippen molar-refractivity contribution in [2.75, 3.05) is 33.4 Å². The highest BCUT2D eigenvalue weighted by atomic mass is 16.5. The summed E-state index contributed by atoms with van der Waals surface area (Å²) in [6.07, 6.45) is 4.36. The standard InChI is InChI=1S/C11H24N2O2/c1-15-7-10(3-2-6-12)13-8-11(9-14)4-5-11/h10,13-14H,2-9,12H2,1H3. The summed E-state index contributed by atoms with van der Waals surface area (Å²) >= 11 is 0. The Morgan fingerprint density at radius 3 is 2.73 bits per heavy atom. The first-order chi connectivity index (χ1) is 7.26. The minimum atomic E-state index is 0.175. The molecule has 1 atom stereocenters. The first kappa shape index (κ1) is 12.9. The van der Waals surface area contributed by atoms with Gasteiger partial charge < -0.3 is 20.9 Å². The Bertz CT molecular complexity index is 172. The lowest BCUT2D eigenvalue weighted by atomic mass is 10.1. The lowest BCUT2D eigenvalue weighted by Crippen LogP contribution is -2.38. The third-order valence-electron chi connectivity index (χ3n) is 3.18. The maximum Gasteiger partial charge on any atom is 0.0615 e. The molecule has 0 bridgehead atoms. The second-order valence-corrected chi connectivity index (χ2v) is 4.62. The highest BCUT2D eigenvalue weighted by Gasteiger charge is 2.41. The average Bonchev–Trinajstić information content (AvgIpc) is 3.03. The van der Waals surface area contributed by atoms with Crippen molar-refractivity contribution in [3.8, 4) is 0 Å². The van der Waals surface area contributed by atoms with Gasteiger partial charge in [0.25, 0.3) is 0 Å². The molecule has 0 radical (unpaired) electrons. The van der Waals surface area contributed by atoms with E-state index in [1.807, 2.05) is 0 Å². The average molecular weight is 216 g/mol. The minimum Gasteiger partial charge on any atom is -0.396 e. The van der Waals surface area contributed by atoms with E-state index in [1.165, 1.54) is 0 Å². The number of nitrogens with one attached hydrogen (secondary N) is 1. The van der Waals surface area contributed by atoms with Gasteiger partial charge in [0.1, 0.15) is 0 Å². The molecule has 0 aromatic carbocycles. The Labute approximate surface area is 92.2 Å². The van der Waals surface area contributed by atoms with E-state index in [0.717, 1.165) is 45.4 Å². The highest BCUT2D eigenvalue weighted by Crippen LogP contribution is 2.44. The zero-order valence-electron chi connectivity index (χ0n) is 9.67. The first-order valence-corrected chi connectivity index (χ1v) is 5.79. The van der Waals surface area contributed by atoms with Gasteiger partial charge in [0.15, 0.2) is 0 Å². The number of nitrogens with two attached hydrogens (primary N) is 1. The van der Waals surface area contributed by atoms with Gasteiger partial charge >= 0.3 is 0 Å². The SMILES string of the molecule is COCC(CCCN)NCC1(CO)CC1. The Morgan fingerprint density at radius 2 is 2.27 bits per heavy atom. The van der Waals surface area contributed by atoms with Gasteiger partial charge in [-0.1, -0.05) is 0 Å². The van der Waals surface area contributed by atoms with E-state index < -0.39 is 0 Å². The van der Waals surface area contributed by atoms with Crippen LogP contribution in [-0.4, -0.2) is 44.6 Å². The molecule has 4 nitrogen and oxygen atoms in total. The van der Waals surface area contributed by atoms with Gasteiger partial charge in [-0.25, -0.2) is 0 Å². The summed E-state index contributed by atoms with van der Waals surface area (Å²) in [5, 5.41) is 12.7. The maximum absolute atomic E-state index is 9.18. The van der Waals surface area contributed by atoms with Crippen LogP contribution in [0.5, 0.6) is 0 Å². The van der Waals surface area contributed by atoms with Crippen molar-refractivity contribution >= 4 is 0 Å². The molecule has 0 amide bonds. The molecule has 0 heterocycles. The zero-order chi connectivity index (χ0) is 11.1. The number of hydrogen-bond acceptors (Lipinski definition) is 4. The van der Waals surface area contributed by atoms with Crippen LogP contribution in [0.15, 0.2) is 0 Å². The molecule has 1 unspecified atom stereocenters. The topological polar surface area (TPSA) is 67.5 Å². The van der Waals surface area contributed by atoms with Crippen LogP contribution in [0, 0.1) is 5.41 Å². The second-order valence-electron chi connectivity index (χ2n) is 4.62. The molecule has 1 saturated carbocycles. The van der Waals surface area contributed by atoms with Gasteiger partial charge in [-0.05, 0) is 32.2 Å². The summed E-state index contributed by atoms with van der Waals surface area (Å²) in [6.45, 7) is 2.66. The fourth-order valence-electron chi connectivity index (χ4n) is 1.74. The van der Waals surface area contributed by atoms with Crippen molar-refractivity contribution in [1.82, 2.24) is 5.32 Å². The van der Waals surface area contributed by atoms with Crippen LogP contribution in [-0.2, 0) is 4.74 Å². The number of methoxy groups -OCH3 is 1. The van der Waals surface area contributed by atoms with Crippen LogP contribution in [0.2, 0.25) is 0 Å². The summed E-state index contributed by atoms with van der Waals surface area (Å²) in [7, 11) is 1.72. The van der Waals surface area contributed by atoms with Crippen molar-refractivity contribution < 1.29 is 9.84 Å². The summed E-state index contributed by atoms with van der Waals surface area (Å²) in [4.78, 5) is 0. The van der Waals surface area contributed by atoms with E-state index >= 15 is 0 Å². The van der Waals surface area contributed by atoms with Gasteiger partial charge in [-0.3, -0.25) is 0 Å². The van der Waals surface area contributed by atoms with Gasteiger partial charge in [0.2, 0.25) is 0 Å². The highest BCUT2D eigenvalue weighted by molar-refractivity contribution is 4.94. The van der Waals surface area contributed by atoms with Crippen molar-refractivity contribution in [2.45, 2.75) is 31.7 Å². The maximum atomic E-state index is 9.18. The summed E-state index contributed by atoms with van der Waals surface area (Å²) < 4.78 is 5.15. The second kappa shape index (κ2) is 6.43. The molecular weight excluding hydrogens is 192 g/mol. The normalized spacial score (nSPS) is 20.2. The third kappa shape index (κ3) is 4.47. The fourth-order valence-corrected chi connectivity index (χ4v) is 1.74. The van der Waals surface area contributed by atoms with Gasteiger partial charge in [-0.15, -0.1) is 0 Å². The monoisotopic (exact) mass is 216 g/mol. The number of aliphatic hydroxyl groups excluding tert-OH is 1. The van der Waals surface area contributed by atoms with Crippen molar-refractivity contribution in [3.05, 3.63) is 0 Å². The van der Waals surface area contributed by atoms with Gasteiger partial charge in [0.05, 0.1) is 6.61 Å². The molecule has 4 heteroatoms. The molecule has 4 N–H and O–H groups in total. The van der Waals surface area contributed by atoms with Crippen molar-refractivity contribution in [1.29, 1.82) is 0 Å². The van der Waals surface area contributed by atoms with Crippen LogP contribution in [0.3, 0.4) is 0 Å². The van der Waals surface area contributed by atoms with Gasteiger partial charge in [-0.2, -0.15) is 0 Å². The number of ether oxygens (including phenoxy) is 1. The predicted molar refractivity (Wildman–Crippen MR) is 60.7 cm³/mol. The molecule has 1 fully saturated rings. The van der Waals surface area contributed by atoms with E-state index in [-0.39, 0.29) is 5.41 Å². The van der Waals surface area contributed by atoms with Gasteiger partial charge in [0, 0.05) is 31.7 Å². The summed E-state index contributed by atoms with van der Waals surface area (Å²) in [6, 6.07) is 0.377. The molecule has 1 aliphatic carbocycles. The Hall–Kier alpha value is -0.160. The molecule has 90 valence electrons. The van der Waals surface area contributed by atoms with E-state index in [9.17, 15) is 5.11 Å². The van der Waals surface area contributed by atoms with E-state index in [0.29, 0.717) is 12.6 Å². The van der Waals surface area contributed by atoms with Crippen LogP contribution < -0.4 is 11.1 Å². The molecule has 0 aromatic heterocycles. The Kier molecular flexibility index (Phi) is 5.53. The molecule has 0 saturated heterocycles. The largest absolute Gasteiger partial charge is 0.396 e. The molecular formula is C11H24N2O2. The Morgan fingerprint density at radius 1 is 1.53 bits per heavy atom. The molecule has 0 aromatic rings. The molecule has 0 aliphatic heterocycles. The fraction of sp³-hybridized carbons (Fsp3) is 1.00. The summed E-state index contributed by atoms with van der Waals surface area (Å²) in [5.74, 6) is 0. The zero-order valence-corrected chi connectivity index (χ0v) is 9.67. The predicted octanol–water partition coefficient (Wildman–Crippen LogP) is 0.102. The number of hydrogen-bond donors (Lipinski definition) is 3.